The topological polar surface area (TPSA) is 139 Å². The number of fused-ring (bicyclic) bond motifs is 1. The van der Waals surface area contributed by atoms with E-state index in [1.54, 1.807) is 60.9 Å². The lowest BCUT2D eigenvalue weighted by Gasteiger charge is -2.24. The van der Waals surface area contributed by atoms with Crippen LogP contribution in [0.1, 0.15) is 16.9 Å². The Morgan fingerprint density at radius 3 is 2.60 bits per heavy atom. The van der Waals surface area contributed by atoms with Crippen LogP contribution in [0.5, 0.6) is 0 Å². The van der Waals surface area contributed by atoms with Gasteiger partial charge in [-0.2, -0.15) is 10.2 Å². The Morgan fingerprint density at radius 1 is 1.07 bits per heavy atom. The number of nitrogens with two attached hydrogens (primary N) is 1. The standard InChI is InChI=1S/C30H24ClF2N7O3/c31-22-6-2-1-4-19(22)20-5-3-7-23(27(20)33)37-30(43)25-11-18(32)14-39(25)26(41)15-40-24-9-8-16(17-12-35-36-13-17)10-21(24)28(38-40)29(34)42/h1-10,12-13,18,25H,11,14-15H2,(H2,34,42)(H,35,36)(H,37,43). The highest BCUT2D eigenvalue weighted by molar-refractivity contribution is 6.33. The number of anilines is 1. The molecule has 4 N–H and O–H groups in total. The first-order valence-corrected chi connectivity index (χ1v) is 13.7. The summed E-state index contributed by atoms with van der Waals surface area (Å²) >= 11 is 6.24. The Balaban J connectivity index is 1.24. The lowest BCUT2D eigenvalue weighted by molar-refractivity contribution is -0.137. The molecule has 1 fully saturated rings. The molecule has 5 aromatic rings. The summed E-state index contributed by atoms with van der Waals surface area (Å²) in [7, 11) is 0. The molecule has 0 spiro atoms. The fourth-order valence-electron chi connectivity index (χ4n) is 5.33. The van der Waals surface area contributed by atoms with Gasteiger partial charge in [0.15, 0.2) is 11.5 Å². The number of hydrogen-bond donors (Lipinski definition) is 3. The van der Waals surface area contributed by atoms with Crippen LogP contribution in [0.2, 0.25) is 5.02 Å². The maximum atomic E-state index is 15.5. The predicted molar refractivity (Wildman–Crippen MR) is 156 cm³/mol. The third-order valence-electron chi connectivity index (χ3n) is 7.39. The van der Waals surface area contributed by atoms with E-state index >= 15 is 4.39 Å². The van der Waals surface area contributed by atoms with Gasteiger partial charge in [-0.1, -0.05) is 48.0 Å². The lowest BCUT2D eigenvalue weighted by Crippen LogP contribution is -2.44. The van der Waals surface area contributed by atoms with Crippen molar-refractivity contribution in [3.63, 3.8) is 0 Å². The minimum absolute atomic E-state index is 0.0406. The summed E-state index contributed by atoms with van der Waals surface area (Å²) in [6.07, 6.45) is 1.57. The van der Waals surface area contributed by atoms with Gasteiger partial charge in [0.25, 0.3) is 5.91 Å². The third-order valence-corrected chi connectivity index (χ3v) is 7.72. The maximum Gasteiger partial charge on any atom is 0.269 e. The van der Waals surface area contributed by atoms with Gasteiger partial charge in [0.2, 0.25) is 11.8 Å². The predicted octanol–water partition coefficient (Wildman–Crippen LogP) is 4.56. The minimum Gasteiger partial charge on any atom is -0.364 e. The van der Waals surface area contributed by atoms with Gasteiger partial charge in [-0.3, -0.25) is 24.2 Å². The molecule has 6 rings (SSSR count). The van der Waals surface area contributed by atoms with E-state index in [0.717, 1.165) is 16.0 Å². The second-order valence-corrected chi connectivity index (χ2v) is 10.5. The molecule has 1 aliphatic heterocycles. The van der Waals surface area contributed by atoms with E-state index in [1.165, 1.54) is 16.8 Å². The van der Waals surface area contributed by atoms with E-state index in [1.807, 2.05) is 0 Å². The van der Waals surface area contributed by atoms with Crippen molar-refractivity contribution in [2.75, 3.05) is 11.9 Å². The Hall–Kier alpha value is -5.10. The first-order valence-electron chi connectivity index (χ1n) is 13.3. The zero-order chi connectivity index (χ0) is 30.2. The molecule has 3 aromatic carbocycles. The van der Waals surface area contributed by atoms with Crippen molar-refractivity contribution in [2.45, 2.75) is 25.2 Å². The normalized spacial score (nSPS) is 16.5. The molecule has 1 aliphatic rings. The van der Waals surface area contributed by atoms with Crippen molar-refractivity contribution in [2.24, 2.45) is 5.73 Å². The van der Waals surface area contributed by atoms with Gasteiger partial charge >= 0.3 is 0 Å². The number of hydrogen-bond acceptors (Lipinski definition) is 5. The summed E-state index contributed by atoms with van der Waals surface area (Å²) in [5.74, 6) is -2.85. The second kappa shape index (κ2) is 11.3. The van der Waals surface area contributed by atoms with E-state index < -0.39 is 35.8 Å². The van der Waals surface area contributed by atoms with Crippen molar-refractivity contribution in [3.05, 3.63) is 89.6 Å². The number of aromatic amines is 1. The highest BCUT2D eigenvalue weighted by atomic mass is 35.5. The number of rotatable bonds is 7. The van der Waals surface area contributed by atoms with Crippen LogP contribution in [0, 0.1) is 5.82 Å². The Kier molecular flexibility index (Phi) is 7.36. The molecule has 218 valence electrons. The number of nitrogens with one attached hydrogen (secondary N) is 2. The Labute approximate surface area is 248 Å². The van der Waals surface area contributed by atoms with E-state index in [2.05, 4.69) is 20.6 Å². The number of amides is 3. The molecule has 2 unspecified atom stereocenters. The third kappa shape index (κ3) is 5.32. The molecule has 2 aromatic heterocycles. The molecular formula is C30H24ClF2N7O3. The highest BCUT2D eigenvalue weighted by Crippen LogP contribution is 2.33. The number of likely N-dealkylation sites (tertiary alicyclic amines) is 1. The first kappa shape index (κ1) is 28.0. The van der Waals surface area contributed by atoms with Crippen LogP contribution < -0.4 is 11.1 Å². The van der Waals surface area contributed by atoms with E-state index in [0.29, 0.717) is 21.5 Å². The molecule has 13 heteroatoms. The molecule has 10 nitrogen and oxygen atoms in total. The van der Waals surface area contributed by atoms with E-state index in [-0.39, 0.29) is 36.5 Å². The molecule has 3 amide bonds. The van der Waals surface area contributed by atoms with Crippen LogP contribution in [0.15, 0.2) is 73.1 Å². The number of primary amides is 1. The summed E-state index contributed by atoms with van der Waals surface area (Å²) in [6.45, 7) is -0.715. The van der Waals surface area contributed by atoms with Gasteiger partial charge in [-0.15, -0.1) is 0 Å². The zero-order valence-electron chi connectivity index (χ0n) is 22.4. The number of benzene rings is 3. The number of aromatic nitrogens is 4. The number of nitrogens with zero attached hydrogens (tertiary/aromatic N) is 4. The largest absolute Gasteiger partial charge is 0.364 e. The molecule has 1 saturated heterocycles. The van der Waals surface area contributed by atoms with Gasteiger partial charge in [0.1, 0.15) is 18.8 Å². The number of alkyl halides is 1. The fourth-order valence-corrected chi connectivity index (χ4v) is 5.57. The van der Waals surface area contributed by atoms with Crippen molar-refractivity contribution < 1.29 is 23.2 Å². The first-order chi connectivity index (χ1) is 20.7. The van der Waals surface area contributed by atoms with Gasteiger partial charge in [-0.05, 0) is 29.8 Å². The maximum absolute atomic E-state index is 15.5. The number of carbonyl (C=O) groups is 3. The average molecular weight is 604 g/mol. The monoisotopic (exact) mass is 603 g/mol. The molecule has 0 radical (unpaired) electrons. The van der Waals surface area contributed by atoms with Crippen molar-refractivity contribution in [1.82, 2.24) is 24.9 Å². The van der Waals surface area contributed by atoms with Crippen LogP contribution in [0.25, 0.3) is 33.2 Å². The molecule has 43 heavy (non-hydrogen) atoms. The average Bonchev–Trinajstić information content (AvgIpc) is 3.74. The molecular weight excluding hydrogens is 580 g/mol. The second-order valence-electron chi connectivity index (χ2n) is 10.1. The van der Waals surface area contributed by atoms with Crippen LogP contribution in [0.3, 0.4) is 0 Å². The highest BCUT2D eigenvalue weighted by Gasteiger charge is 2.40. The molecule has 3 heterocycles. The van der Waals surface area contributed by atoms with E-state index in [4.69, 9.17) is 17.3 Å². The van der Waals surface area contributed by atoms with Gasteiger partial charge < -0.3 is 16.0 Å². The van der Waals surface area contributed by atoms with E-state index in [9.17, 15) is 18.8 Å². The van der Waals surface area contributed by atoms with Crippen molar-refractivity contribution in [3.8, 4) is 22.3 Å². The smallest absolute Gasteiger partial charge is 0.269 e. The number of H-pyrrole nitrogens is 1. The summed E-state index contributed by atoms with van der Waals surface area (Å²) in [6, 6.07) is 15.1. The Bertz CT molecular complexity index is 1880. The molecule has 0 saturated carbocycles. The summed E-state index contributed by atoms with van der Waals surface area (Å²) in [4.78, 5) is 40.0. The van der Waals surface area contributed by atoms with Crippen LogP contribution in [-0.4, -0.2) is 61.4 Å². The Morgan fingerprint density at radius 2 is 1.86 bits per heavy atom. The number of carbonyl (C=O) groups excluding carboxylic acids is 3. The molecule has 0 bridgehead atoms. The molecule has 0 aliphatic carbocycles. The quantitative estimate of drug-likeness (QED) is 0.250. The van der Waals surface area contributed by atoms with Crippen molar-refractivity contribution >= 4 is 45.9 Å². The summed E-state index contributed by atoms with van der Waals surface area (Å²) in [5.41, 5.74) is 7.99. The van der Waals surface area contributed by atoms with Gasteiger partial charge in [0.05, 0.1) is 23.9 Å². The van der Waals surface area contributed by atoms with Gasteiger partial charge in [0, 0.05) is 39.7 Å². The van der Waals surface area contributed by atoms with Crippen molar-refractivity contribution in [1.29, 1.82) is 0 Å². The fraction of sp³-hybridized carbons (Fsp3) is 0.167. The van der Waals surface area contributed by atoms with Crippen LogP contribution in [0.4, 0.5) is 14.5 Å². The minimum atomic E-state index is -1.47. The zero-order valence-corrected chi connectivity index (χ0v) is 23.2. The SMILES string of the molecule is NC(=O)c1nn(CC(=O)N2CC(F)CC2C(=O)Nc2cccc(-c3ccccc3Cl)c2F)c2ccc(-c3cn[nH]c3)cc12. The number of halogens is 3. The summed E-state index contributed by atoms with van der Waals surface area (Å²) in [5, 5.41) is 14.2. The molecule has 2 atom stereocenters. The van der Waals surface area contributed by atoms with Gasteiger partial charge in [-0.25, -0.2) is 8.78 Å². The summed E-state index contributed by atoms with van der Waals surface area (Å²) < 4.78 is 31.4. The van der Waals surface area contributed by atoms with Crippen LogP contribution >= 0.6 is 11.6 Å². The lowest BCUT2D eigenvalue weighted by atomic mass is 10.0. The van der Waals surface area contributed by atoms with Crippen LogP contribution in [-0.2, 0) is 16.1 Å².